The third-order valence-electron chi connectivity index (χ3n) is 4.20. The van der Waals surface area contributed by atoms with Crippen LogP contribution in [0.5, 0.6) is 0 Å². The van der Waals surface area contributed by atoms with Crippen molar-refractivity contribution in [3.8, 4) is 0 Å². The highest BCUT2D eigenvalue weighted by molar-refractivity contribution is 6.01. The van der Waals surface area contributed by atoms with Gasteiger partial charge in [-0.1, -0.05) is 31.2 Å². The summed E-state index contributed by atoms with van der Waals surface area (Å²) in [5, 5.41) is 3.98. The number of nitrogens with one attached hydrogen (secondary N) is 2. The van der Waals surface area contributed by atoms with Crippen LogP contribution in [0.1, 0.15) is 18.3 Å². The lowest BCUT2D eigenvalue weighted by Crippen LogP contribution is -2.14. The number of aryl methyl sites for hydroxylation is 1. The second-order valence-electron chi connectivity index (χ2n) is 5.99. The molecule has 0 bridgehead atoms. The molecule has 0 fully saturated rings. The van der Waals surface area contributed by atoms with Crippen LogP contribution in [-0.2, 0) is 17.6 Å². The van der Waals surface area contributed by atoms with Crippen molar-refractivity contribution in [1.29, 1.82) is 0 Å². The van der Waals surface area contributed by atoms with Crippen LogP contribution >= 0.6 is 0 Å². The van der Waals surface area contributed by atoms with Crippen LogP contribution in [-0.4, -0.2) is 20.9 Å². The fraction of sp³-hybridized carbons (Fsp3) is 0.150. The highest BCUT2D eigenvalue weighted by Gasteiger charge is 2.09. The van der Waals surface area contributed by atoms with E-state index in [1.165, 1.54) is 0 Å². The summed E-state index contributed by atoms with van der Waals surface area (Å²) in [6.45, 7) is 2.06. The molecule has 5 heteroatoms. The van der Waals surface area contributed by atoms with Gasteiger partial charge in [0, 0.05) is 18.0 Å². The first-order valence-corrected chi connectivity index (χ1v) is 8.34. The lowest BCUT2D eigenvalue weighted by atomic mass is 10.1. The zero-order chi connectivity index (χ0) is 17.2. The fourth-order valence-corrected chi connectivity index (χ4v) is 2.97. The Kier molecular flexibility index (Phi) is 3.90. The zero-order valence-corrected chi connectivity index (χ0v) is 13.9. The van der Waals surface area contributed by atoms with E-state index in [1.807, 2.05) is 48.5 Å². The van der Waals surface area contributed by atoms with Gasteiger partial charge in [-0.15, -0.1) is 0 Å². The summed E-state index contributed by atoms with van der Waals surface area (Å²) in [5.41, 5.74) is 4.38. The van der Waals surface area contributed by atoms with Gasteiger partial charge in [0.15, 0.2) is 0 Å². The quantitative estimate of drug-likeness (QED) is 0.597. The predicted octanol–water partition coefficient (Wildman–Crippen LogP) is 3.85. The van der Waals surface area contributed by atoms with Crippen molar-refractivity contribution in [3.63, 3.8) is 0 Å². The van der Waals surface area contributed by atoms with Gasteiger partial charge >= 0.3 is 0 Å². The Labute approximate surface area is 145 Å². The second kappa shape index (κ2) is 6.36. The first-order chi connectivity index (χ1) is 12.2. The van der Waals surface area contributed by atoms with E-state index in [0.29, 0.717) is 6.42 Å². The molecule has 2 aromatic heterocycles. The van der Waals surface area contributed by atoms with Gasteiger partial charge < -0.3 is 10.3 Å². The van der Waals surface area contributed by atoms with E-state index in [1.54, 1.807) is 6.20 Å². The number of fused-ring (bicyclic) bond motifs is 2. The third-order valence-corrected chi connectivity index (χ3v) is 4.20. The van der Waals surface area contributed by atoms with Crippen LogP contribution in [0.15, 0.2) is 54.7 Å². The first kappa shape index (κ1) is 15.3. The SMILES string of the molecule is CCc1nc2ccc(CC(=O)Nc3cccc4cccnc34)cc2[nH]1. The van der Waals surface area contributed by atoms with Gasteiger partial charge in [-0.05, 0) is 29.8 Å². The molecule has 1 amide bonds. The molecule has 0 unspecified atom stereocenters. The molecule has 0 aliphatic carbocycles. The Morgan fingerprint density at radius 2 is 2.04 bits per heavy atom. The number of hydrogen-bond donors (Lipinski definition) is 2. The minimum atomic E-state index is -0.0623. The molecular weight excluding hydrogens is 312 g/mol. The molecule has 0 saturated carbocycles. The Hall–Kier alpha value is -3.21. The minimum Gasteiger partial charge on any atom is -0.342 e. The molecule has 2 heterocycles. The molecule has 0 radical (unpaired) electrons. The van der Waals surface area contributed by atoms with Crippen LogP contribution in [0.25, 0.3) is 21.9 Å². The smallest absolute Gasteiger partial charge is 0.228 e. The highest BCUT2D eigenvalue weighted by Crippen LogP contribution is 2.21. The number of benzene rings is 2. The van der Waals surface area contributed by atoms with Crippen LogP contribution in [0.2, 0.25) is 0 Å². The van der Waals surface area contributed by atoms with E-state index in [-0.39, 0.29) is 5.91 Å². The van der Waals surface area contributed by atoms with Crippen LogP contribution in [0.3, 0.4) is 0 Å². The number of aromatic nitrogens is 3. The molecule has 2 N–H and O–H groups in total. The first-order valence-electron chi connectivity index (χ1n) is 8.34. The maximum absolute atomic E-state index is 12.5. The minimum absolute atomic E-state index is 0.0623. The Morgan fingerprint density at radius 1 is 1.16 bits per heavy atom. The molecule has 25 heavy (non-hydrogen) atoms. The number of rotatable bonds is 4. The van der Waals surface area contributed by atoms with Crippen LogP contribution in [0, 0.1) is 0 Å². The molecule has 5 nitrogen and oxygen atoms in total. The van der Waals surface area contributed by atoms with Gasteiger partial charge in [-0.25, -0.2) is 4.98 Å². The average molecular weight is 330 g/mol. The van der Waals surface area contributed by atoms with E-state index >= 15 is 0 Å². The number of aromatic amines is 1. The number of pyridine rings is 1. The monoisotopic (exact) mass is 330 g/mol. The number of anilines is 1. The number of amides is 1. The van der Waals surface area contributed by atoms with Gasteiger partial charge in [0.2, 0.25) is 5.91 Å². The number of H-pyrrole nitrogens is 1. The number of hydrogen-bond acceptors (Lipinski definition) is 3. The van der Waals surface area contributed by atoms with Gasteiger partial charge in [0.25, 0.3) is 0 Å². The number of imidazole rings is 1. The summed E-state index contributed by atoms with van der Waals surface area (Å²) in [6.07, 6.45) is 2.90. The molecule has 124 valence electrons. The van der Waals surface area contributed by atoms with Gasteiger partial charge in [-0.2, -0.15) is 0 Å². The number of carbonyl (C=O) groups excluding carboxylic acids is 1. The van der Waals surface area contributed by atoms with Crippen molar-refractivity contribution in [3.05, 3.63) is 66.1 Å². The summed E-state index contributed by atoms with van der Waals surface area (Å²) >= 11 is 0. The fourth-order valence-electron chi connectivity index (χ4n) is 2.97. The molecular formula is C20H18N4O. The van der Waals surface area contributed by atoms with Crippen molar-refractivity contribution in [1.82, 2.24) is 15.0 Å². The molecule has 4 rings (SSSR count). The van der Waals surface area contributed by atoms with Crippen LogP contribution in [0.4, 0.5) is 5.69 Å². The van der Waals surface area contributed by atoms with E-state index in [2.05, 4.69) is 27.2 Å². The zero-order valence-electron chi connectivity index (χ0n) is 13.9. The highest BCUT2D eigenvalue weighted by atomic mass is 16.1. The van der Waals surface area contributed by atoms with Crippen molar-refractivity contribution in [2.75, 3.05) is 5.32 Å². The maximum Gasteiger partial charge on any atom is 0.228 e. The lowest BCUT2D eigenvalue weighted by molar-refractivity contribution is -0.115. The summed E-state index contributed by atoms with van der Waals surface area (Å²) in [7, 11) is 0. The van der Waals surface area contributed by atoms with E-state index in [4.69, 9.17) is 0 Å². The largest absolute Gasteiger partial charge is 0.342 e. The van der Waals surface area contributed by atoms with E-state index in [0.717, 1.165) is 45.4 Å². The third kappa shape index (κ3) is 3.08. The van der Waals surface area contributed by atoms with Crippen LogP contribution < -0.4 is 5.32 Å². The second-order valence-corrected chi connectivity index (χ2v) is 5.99. The molecule has 0 aliphatic rings. The van der Waals surface area contributed by atoms with E-state index in [9.17, 15) is 4.79 Å². The average Bonchev–Trinajstić information content (AvgIpc) is 3.04. The summed E-state index contributed by atoms with van der Waals surface area (Å²) in [6, 6.07) is 15.5. The standard InChI is InChI=1S/C20H18N4O/c1-2-18-22-15-9-8-13(11-17(15)23-18)12-19(25)24-16-7-3-5-14-6-4-10-21-20(14)16/h3-11H,2,12H2,1H3,(H,22,23)(H,24,25). The number of para-hydroxylation sites is 1. The molecule has 4 aromatic rings. The summed E-state index contributed by atoms with van der Waals surface area (Å²) in [4.78, 5) is 24.6. The molecule has 0 atom stereocenters. The van der Waals surface area contributed by atoms with Gasteiger partial charge in [-0.3, -0.25) is 9.78 Å². The van der Waals surface area contributed by atoms with Crippen molar-refractivity contribution in [2.24, 2.45) is 0 Å². The van der Waals surface area contributed by atoms with Crippen molar-refractivity contribution in [2.45, 2.75) is 19.8 Å². The van der Waals surface area contributed by atoms with Crippen molar-refractivity contribution >= 4 is 33.5 Å². The lowest BCUT2D eigenvalue weighted by Gasteiger charge is -2.08. The molecule has 0 aliphatic heterocycles. The molecule has 0 spiro atoms. The number of carbonyl (C=O) groups is 1. The van der Waals surface area contributed by atoms with Crippen molar-refractivity contribution < 1.29 is 4.79 Å². The number of nitrogens with zero attached hydrogens (tertiary/aromatic N) is 2. The Balaban J connectivity index is 1.55. The van der Waals surface area contributed by atoms with Gasteiger partial charge in [0.05, 0.1) is 28.7 Å². The molecule has 2 aromatic carbocycles. The Bertz CT molecular complexity index is 1060. The van der Waals surface area contributed by atoms with E-state index < -0.39 is 0 Å². The predicted molar refractivity (Wildman–Crippen MR) is 99.5 cm³/mol. The summed E-state index contributed by atoms with van der Waals surface area (Å²) in [5.74, 6) is 0.895. The Morgan fingerprint density at radius 3 is 2.92 bits per heavy atom. The normalized spacial score (nSPS) is 11.1. The maximum atomic E-state index is 12.5. The summed E-state index contributed by atoms with van der Waals surface area (Å²) < 4.78 is 0. The van der Waals surface area contributed by atoms with Gasteiger partial charge in [0.1, 0.15) is 5.82 Å². The topological polar surface area (TPSA) is 70.7 Å². The molecule has 0 saturated heterocycles.